The standard InChI is InChI=1S/C18H17F2NO3.C15H22N2O2/c1-10-4-3-5-11(2)17(10)12-6-13(18(20)14(19)7-12)15(21-9-22)8-16(23)24;1-11(2)8-9-16-14(18)13-7-4-10-17(15(13)19)12-5-3-6-12/h3-7,9,15H,8H2,1-2H3,(H,21,22)(H,23,24);4,7,10-12H,3,5-6,8-9H2,1-2H3,(H,16,18)/t15-;/m0./s1. The Kier molecular flexibility index (Phi) is 11.7. The van der Waals surface area contributed by atoms with Gasteiger partial charge in [-0.3, -0.25) is 19.2 Å². The summed E-state index contributed by atoms with van der Waals surface area (Å²) in [6.45, 7) is 8.54. The minimum Gasteiger partial charge on any atom is -0.481 e. The van der Waals surface area contributed by atoms with Crippen LogP contribution < -0.4 is 16.2 Å². The number of benzene rings is 2. The number of hydrogen-bond acceptors (Lipinski definition) is 4. The molecule has 0 saturated heterocycles. The van der Waals surface area contributed by atoms with Gasteiger partial charge < -0.3 is 20.3 Å². The molecule has 1 atom stereocenters. The summed E-state index contributed by atoms with van der Waals surface area (Å²) in [4.78, 5) is 45.9. The van der Waals surface area contributed by atoms with Crippen LogP contribution in [-0.2, 0) is 9.59 Å². The first-order valence-corrected chi connectivity index (χ1v) is 14.4. The monoisotopic (exact) mass is 595 g/mol. The van der Waals surface area contributed by atoms with Crippen LogP contribution in [0.1, 0.15) is 85.1 Å². The summed E-state index contributed by atoms with van der Waals surface area (Å²) in [5.41, 5.74) is 2.85. The summed E-state index contributed by atoms with van der Waals surface area (Å²) in [6, 6.07) is 10.6. The molecule has 1 aliphatic rings. The molecule has 1 fully saturated rings. The molecule has 1 aliphatic carbocycles. The van der Waals surface area contributed by atoms with Crippen molar-refractivity contribution in [3.05, 3.63) is 92.9 Å². The molecule has 43 heavy (non-hydrogen) atoms. The number of nitrogens with one attached hydrogen (secondary N) is 2. The second kappa shape index (κ2) is 15.2. The van der Waals surface area contributed by atoms with Crippen LogP contribution in [-0.4, -0.2) is 34.5 Å². The van der Waals surface area contributed by atoms with Gasteiger partial charge in [0.05, 0.1) is 12.5 Å². The first-order valence-electron chi connectivity index (χ1n) is 14.4. The number of aromatic nitrogens is 1. The number of nitrogens with zero attached hydrogens (tertiary/aromatic N) is 1. The van der Waals surface area contributed by atoms with E-state index in [0.717, 1.165) is 42.0 Å². The summed E-state index contributed by atoms with van der Waals surface area (Å²) >= 11 is 0. The van der Waals surface area contributed by atoms with E-state index in [2.05, 4.69) is 24.5 Å². The SMILES string of the molecule is CC(C)CCNC(=O)c1cccn(C2CCC2)c1=O.Cc1cccc(C)c1-c1cc(F)c(F)c([C@H](CC(=O)O)NC=O)c1. The Bertz CT molecular complexity index is 1490. The van der Waals surface area contributed by atoms with E-state index in [1.54, 1.807) is 22.9 Å². The number of amides is 2. The summed E-state index contributed by atoms with van der Waals surface area (Å²) < 4.78 is 30.0. The van der Waals surface area contributed by atoms with E-state index >= 15 is 0 Å². The summed E-state index contributed by atoms with van der Waals surface area (Å²) in [7, 11) is 0. The number of carbonyl (C=O) groups excluding carboxylic acids is 2. The summed E-state index contributed by atoms with van der Waals surface area (Å²) in [5.74, 6) is -3.19. The zero-order valence-corrected chi connectivity index (χ0v) is 25.0. The molecule has 1 aromatic heterocycles. The van der Waals surface area contributed by atoms with Crippen LogP contribution in [0.3, 0.4) is 0 Å². The molecule has 4 rings (SSSR count). The lowest BCUT2D eigenvalue weighted by atomic mass is 9.92. The van der Waals surface area contributed by atoms with Gasteiger partial charge in [0.1, 0.15) is 5.56 Å². The quantitative estimate of drug-likeness (QED) is 0.240. The lowest BCUT2D eigenvalue weighted by Gasteiger charge is -2.27. The maximum absolute atomic E-state index is 14.2. The number of aliphatic carboxylic acids is 1. The number of carboxylic acids is 1. The smallest absolute Gasteiger partial charge is 0.305 e. The van der Waals surface area contributed by atoms with Gasteiger partial charge in [-0.05, 0) is 92.0 Å². The highest BCUT2D eigenvalue weighted by Gasteiger charge is 2.24. The predicted octanol–water partition coefficient (Wildman–Crippen LogP) is 5.86. The Morgan fingerprint density at radius 3 is 2.33 bits per heavy atom. The zero-order chi connectivity index (χ0) is 31.7. The van der Waals surface area contributed by atoms with Crippen molar-refractivity contribution in [1.29, 1.82) is 0 Å². The highest BCUT2D eigenvalue weighted by molar-refractivity contribution is 5.93. The Morgan fingerprint density at radius 2 is 1.77 bits per heavy atom. The fourth-order valence-electron chi connectivity index (χ4n) is 5.00. The van der Waals surface area contributed by atoms with Gasteiger partial charge in [0.2, 0.25) is 6.41 Å². The first-order chi connectivity index (χ1) is 20.4. The molecular formula is C33H39F2N3O5. The molecule has 0 unspecified atom stereocenters. The van der Waals surface area contributed by atoms with Gasteiger partial charge in [-0.1, -0.05) is 32.0 Å². The highest BCUT2D eigenvalue weighted by atomic mass is 19.2. The van der Waals surface area contributed by atoms with Crippen LogP contribution in [0, 0.1) is 31.4 Å². The highest BCUT2D eigenvalue weighted by Crippen LogP contribution is 2.33. The van der Waals surface area contributed by atoms with Gasteiger partial charge >= 0.3 is 5.97 Å². The Morgan fingerprint density at radius 1 is 1.09 bits per heavy atom. The van der Waals surface area contributed by atoms with Crippen molar-refractivity contribution in [3.63, 3.8) is 0 Å². The topological polar surface area (TPSA) is 118 Å². The Balaban J connectivity index is 0.000000242. The van der Waals surface area contributed by atoms with Gasteiger partial charge in [-0.15, -0.1) is 0 Å². The predicted molar refractivity (Wildman–Crippen MR) is 161 cm³/mol. The molecule has 0 spiro atoms. The second-order valence-electron chi connectivity index (χ2n) is 11.2. The molecule has 3 N–H and O–H groups in total. The average molecular weight is 596 g/mol. The van der Waals surface area contributed by atoms with Crippen molar-refractivity contribution < 1.29 is 28.3 Å². The Labute approximate surface area is 250 Å². The number of rotatable bonds is 11. The first kappa shape index (κ1) is 33.2. The van der Waals surface area contributed by atoms with E-state index in [9.17, 15) is 28.0 Å². The van der Waals surface area contributed by atoms with E-state index in [0.29, 0.717) is 18.0 Å². The van der Waals surface area contributed by atoms with Crippen LogP contribution in [0.2, 0.25) is 0 Å². The molecule has 8 nitrogen and oxygen atoms in total. The normalized spacial score (nSPS) is 13.4. The lowest BCUT2D eigenvalue weighted by Crippen LogP contribution is -2.36. The number of hydrogen-bond donors (Lipinski definition) is 3. The molecule has 1 saturated carbocycles. The average Bonchev–Trinajstić information content (AvgIpc) is 2.90. The van der Waals surface area contributed by atoms with E-state index in [-0.39, 0.29) is 35.0 Å². The van der Waals surface area contributed by atoms with Crippen LogP contribution in [0.15, 0.2) is 53.5 Å². The molecule has 0 radical (unpaired) electrons. The maximum atomic E-state index is 14.2. The van der Waals surface area contributed by atoms with Gasteiger partial charge in [0.15, 0.2) is 11.6 Å². The number of carboxylic acid groups (broad SMARTS) is 1. The lowest BCUT2D eigenvalue weighted by molar-refractivity contribution is -0.137. The largest absolute Gasteiger partial charge is 0.481 e. The molecule has 0 bridgehead atoms. The molecule has 2 aromatic carbocycles. The molecule has 10 heteroatoms. The van der Waals surface area contributed by atoms with Crippen LogP contribution in [0.4, 0.5) is 8.78 Å². The number of halogens is 2. The van der Waals surface area contributed by atoms with Gasteiger partial charge in [0, 0.05) is 24.3 Å². The molecular weight excluding hydrogens is 556 g/mol. The number of aryl methyl sites for hydroxylation is 2. The fourth-order valence-corrected chi connectivity index (χ4v) is 5.00. The number of pyridine rings is 1. The van der Waals surface area contributed by atoms with Gasteiger partial charge in [-0.2, -0.15) is 0 Å². The minimum absolute atomic E-state index is 0.158. The molecule has 0 aliphatic heterocycles. The van der Waals surface area contributed by atoms with Crippen LogP contribution in [0.25, 0.3) is 11.1 Å². The van der Waals surface area contributed by atoms with Crippen molar-refractivity contribution >= 4 is 18.3 Å². The third-order valence-electron chi connectivity index (χ3n) is 7.54. The molecule has 230 valence electrons. The van der Waals surface area contributed by atoms with E-state index in [1.807, 2.05) is 32.0 Å². The Hall–Kier alpha value is -4.34. The fraction of sp³-hybridized carbons (Fsp3) is 0.394. The minimum atomic E-state index is -1.23. The van der Waals surface area contributed by atoms with Crippen LogP contribution >= 0.6 is 0 Å². The van der Waals surface area contributed by atoms with Crippen molar-refractivity contribution in [2.45, 2.75) is 71.9 Å². The van der Waals surface area contributed by atoms with Crippen molar-refractivity contribution in [2.24, 2.45) is 5.92 Å². The van der Waals surface area contributed by atoms with Crippen molar-refractivity contribution in [2.75, 3.05) is 6.54 Å². The van der Waals surface area contributed by atoms with E-state index in [4.69, 9.17) is 5.11 Å². The summed E-state index contributed by atoms with van der Waals surface area (Å²) in [5, 5.41) is 14.0. The molecule has 3 aromatic rings. The molecule has 1 heterocycles. The van der Waals surface area contributed by atoms with Gasteiger partial charge in [-0.25, -0.2) is 8.78 Å². The van der Waals surface area contributed by atoms with E-state index < -0.39 is 30.1 Å². The van der Waals surface area contributed by atoms with Crippen molar-refractivity contribution in [1.82, 2.24) is 15.2 Å². The zero-order valence-electron chi connectivity index (χ0n) is 25.0. The summed E-state index contributed by atoms with van der Waals surface area (Å²) in [6.07, 6.45) is 5.69. The van der Waals surface area contributed by atoms with E-state index in [1.165, 1.54) is 12.5 Å². The second-order valence-corrected chi connectivity index (χ2v) is 11.2. The third-order valence-corrected chi connectivity index (χ3v) is 7.54. The number of carbonyl (C=O) groups is 3. The maximum Gasteiger partial charge on any atom is 0.305 e. The molecule has 2 amide bonds. The third kappa shape index (κ3) is 8.59. The van der Waals surface area contributed by atoms with Gasteiger partial charge in [0.25, 0.3) is 11.5 Å². The van der Waals surface area contributed by atoms with Crippen molar-refractivity contribution in [3.8, 4) is 11.1 Å². The van der Waals surface area contributed by atoms with Crippen LogP contribution in [0.5, 0.6) is 0 Å².